The summed E-state index contributed by atoms with van der Waals surface area (Å²) in [6.07, 6.45) is 4.16. The van der Waals surface area contributed by atoms with Crippen molar-refractivity contribution in [3.05, 3.63) is 35.8 Å². The summed E-state index contributed by atoms with van der Waals surface area (Å²) in [5, 5.41) is 7.34. The SMILES string of the molecule is Cc1ccoc1CNCCc1ncnn1C. The van der Waals surface area contributed by atoms with E-state index in [1.165, 1.54) is 5.56 Å². The maximum Gasteiger partial charge on any atom is 0.138 e. The van der Waals surface area contributed by atoms with Gasteiger partial charge in [0.1, 0.15) is 17.9 Å². The molecule has 2 aromatic heterocycles. The molecular weight excluding hydrogens is 204 g/mol. The van der Waals surface area contributed by atoms with E-state index in [0.29, 0.717) is 0 Å². The maximum absolute atomic E-state index is 5.33. The molecule has 0 aliphatic carbocycles. The van der Waals surface area contributed by atoms with Gasteiger partial charge in [0.15, 0.2) is 0 Å². The molecular formula is C11H16N4O. The largest absolute Gasteiger partial charge is 0.468 e. The Labute approximate surface area is 94.5 Å². The molecule has 86 valence electrons. The highest BCUT2D eigenvalue weighted by Crippen LogP contribution is 2.07. The molecule has 1 N–H and O–H groups in total. The quantitative estimate of drug-likeness (QED) is 0.765. The van der Waals surface area contributed by atoms with E-state index in [9.17, 15) is 0 Å². The minimum absolute atomic E-state index is 0.761. The molecule has 0 unspecified atom stereocenters. The number of furan rings is 1. The van der Waals surface area contributed by atoms with Crippen LogP contribution in [0, 0.1) is 6.92 Å². The monoisotopic (exact) mass is 220 g/mol. The van der Waals surface area contributed by atoms with Gasteiger partial charge in [-0.15, -0.1) is 0 Å². The topological polar surface area (TPSA) is 55.9 Å². The van der Waals surface area contributed by atoms with Crippen molar-refractivity contribution in [3.63, 3.8) is 0 Å². The lowest BCUT2D eigenvalue weighted by molar-refractivity contribution is 0.479. The van der Waals surface area contributed by atoms with Crippen LogP contribution in [0.2, 0.25) is 0 Å². The van der Waals surface area contributed by atoms with Crippen LogP contribution in [0.15, 0.2) is 23.1 Å². The predicted molar refractivity (Wildman–Crippen MR) is 59.9 cm³/mol. The fraction of sp³-hybridized carbons (Fsp3) is 0.455. The molecule has 0 bridgehead atoms. The van der Waals surface area contributed by atoms with Crippen LogP contribution in [0.25, 0.3) is 0 Å². The number of nitrogens with one attached hydrogen (secondary N) is 1. The molecule has 0 saturated carbocycles. The summed E-state index contributed by atoms with van der Waals surface area (Å²) in [5.74, 6) is 1.99. The summed E-state index contributed by atoms with van der Waals surface area (Å²) in [6.45, 7) is 3.67. The van der Waals surface area contributed by atoms with Gasteiger partial charge in [0.25, 0.3) is 0 Å². The van der Waals surface area contributed by atoms with Crippen molar-refractivity contribution in [2.45, 2.75) is 19.9 Å². The zero-order chi connectivity index (χ0) is 11.4. The fourth-order valence-corrected chi connectivity index (χ4v) is 1.53. The van der Waals surface area contributed by atoms with Crippen molar-refractivity contribution in [1.82, 2.24) is 20.1 Å². The summed E-state index contributed by atoms with van der Waals surface area (Å²) in [6, 6.07) is 1.97. The van der Waals surface area contributed by atoms with Crippen LogP contribution in [0.4, 0.5) is 0 Å². The first kappa shape index (κ1) is 10.9. The summed E-state index contributed by atoms with van der Waals surface area (Å²) >= 11 is 0. The van der Waals surface area contributed by atoms with Crippen molar-refractivity contribution in [3.8, 4) is 0 Å². The first-order valence-corrected chi connectivity index (χ1v) is 5.34. The van der Waals surface area contributed by atoms with Gasteiger partial charge >= 0.3 is 0 Å². The second kappa shape index (κ2) is 4.94. The Bertz CT molecular complexity index is 404. The van der Waals surface area contributed by atoms with E-state index in [1.807, 2.05) is 20.0 Å². The summed E-state index contributed by atoms with van der Waals surface area (Å²) in [5.41, 5.74) is 1.19. The van der Waals surface area contributed by atoms with Gasteiger partial charge < -0.3 is 9.73 Å². The van der Waals surface area contributed by atoms with Crippen LogP contribution in [0.3, 0.4) is 0 Å². The molecule has 2 rings (SSSR count). The van der Waals surface area contributed by atoms with E-state index >= 15 is 0 Å². The van der Waals surface area contributed by atoms with Crippen molar-refractivity contribution in [2.24, 2.45) is 7.05 Å². The molecule has 0 aliphatic rings. The van der Waals surface area contributed by atoms with Crippen LogP contribution in [-0.4, -0.2) is 21.3 Å². The average molecular weight is 220 g/mol. The Balaban J connectivity index is 1.74. The molecule has 0 fully saturated rings. The van der Waals surface area contributed by atoms with Crippen LogP contribution >= 0.6 is 0 Å². The van der Waals surface area contributed by atoms with E-state index < -0.39 is 0 Å². The molecule has 2 heterocycles. The smallest absolute Gasteiger partial charge is 0.138 e. The molecule has 0 aromatic carbocycles. The van der Waals surface area contributed by atoms with Crippen molar-refractivity contribution in [2.75, 3.05) is 6.54 Å². The Morgan fingerprint density at radius 1 is 1.50 bits per heavy atom. The number of aryl methyl sites for hydroxylation is 2. The molecule has 0 radical (unpaired) electrons. The first-order valence-electron chi connectivity index (χ1n) is 5.34. The van der Waals surface area contributed by atoms with Crippen LogP contribution in [0.1, 0.15) is 17.1 Å². The number of nitrogens with zero attached hydrogens (tertiary/aromatic N) is 3. The third-order valence-electron chi connectivity index (χ3n) is 2.58. The van der Waals surface area contributed by atoms with Gasteiger partial charge in [0.05, 0.1) is 12.8 Å². The lowest BCUT2D eigenvalue weighted by atomic mass is 10.3. The molecule has 5 nitrogen and oxygen atoms in total. The van der Waals surface area contributed by atoms with Gasteiger partial charge in [-0.1, -0.05) is 0 Å². The molecule has 16 heavy (non-hydrogen) atoms. The van der Waals surface area contributed by atoms with Gasteiger partial charge in [-0.3, -0.25) is 4.68 Å². The van der Waals surface area contributed by atoms with E-state index in [2.05, 4.69) is 15.4 Å². The number of hydrogen-bond acceptors (Lipinski definition) is 4. The minimum Gasteiger partial charge on any atom is -0.468 e. The van der Waals surface area contributed by atoms with E-state index in [-0.39, 0.29) is 0 Å². The molecule has 5 heteroatoms. The van der Waals surface area contributed by atoms with Gasteiger partial charge in [-0.2, -0.15) is 5.10 Å². The van der Waals surface area contributed by atoms with Crippen LogP contribution in [0.5, 0.6) is 0 Å². The Morgan fingerprint density at radius 2 is 2.38 bits per heavy atom. The summed E-state index contributed by atoms with van der Waals surface area (Å²) in [7, 11) is 1.90. The summed E-state index contributed by atoms with van der Waals surface area (Å²) < 4.78 is 7.12. The number of aromatic nitrogens is 3. The highest BCUT2D eigenvalue weighted by molar-refractivity contribution is 5.14. The third-order valence-corrected chi connectivity index (χ3v) is 2.58. The lowest BCUT2D eigenvalue weighted by Gasteiger charge is -2.03. The van der Waals surface area contributed by atoms with E-state index in [4.69, 9.17) is 4.42 Å². The molecule has 0 amide bonds. The second-order valence-electron chi connectivity index (χ2n) is 3.75. The lowest BCUT2D eigenvalue weighted by Crippen LogP contribution is -2.18. The number of hydrogen-bond donors (Lipinski definition) is 1. The van der Waals surface area contributed by atoms with Crippen LogP contribution < -0.4 is 5.32 Å². The van der Waals surface area contributed by atoms with Gasteiger partial charge in [0, 0.05) is 20.0 Å². The maximum atomic E-state index is 5.33. The minimum atomic E-state index is 0.761. The molecule has 0 spiro atoms. The molecule has 0 saturated heterocycles. The number of rotatable bonds is 5. The normalized spacial score (nSPS) is 10.9. The molecule has 2 aromatic rings. The summed E-state index contributed by atoms with van der Waals surface area (Å²) in [4.78, 5) is 4.16. The van der Waals surface area contributed by atoms with Crippen molar-refractivity contribution in [1.29, 1.82) is 0 Å². The highest BCUT2D eigenvalue weighted by atomic mass is 16.3. The van der Waals surface area contributed by atoms with Crippen LogP contribution in [-0.2, 0) is 20.0 Å². The standard InChI is InChI=1S/C11H16N4O/c1-9-4-6-16-10(9)7-12-5-3-11-13-8-14-15(11)2/h4,6,8,12H,3,5,7H2,1-2H3. The van der Waals surface area contributed by atoms with Gasteiger partial charge in [-0.25, -0.2) is 4.98 Å². The predicted octanol–water partition coefficient (Wildman–Crippen LogP) is 1.05. The fourth-order valence-electron chi connectivity index (χ4n) is 1.53. The third kappa shape index (κ3) is 2.49. The van der Waals surface area contributed by atoms with Gasteiger partial charge in [-0.05, 0) is 18.6 Å². The first-order chi connectivity index (χ1) is 7.77. The van der Waals surface area contributed by atoms with E-state index in [1.54, 1.807) is 17.3 Å². The van der Waals surface area contributed by atoms with Crippen molar-refractivity contribution >= 4 is 0 Å². The average Bonchev–Trinajstić information content (AvgIpc) is 2.84. The zero-order valence-corrected chi connectivity index (χ0v) is 9.60. The Kier molecular flexibility index (Phi) is 3.36. The van der Waals surface area contributed by atoms with Crippen molar-refractivity contribution < 1.29 is 4.42 Å². The molecule has 0 aliphatic heterocycles. The van der Waals surface area contributed by atoms with Gasteiger partial charge in [0.2, 0.25) is 0 Å². The van der Waals surface area contributed by atoms with E-state index in [0.717, 1.165) is 31.1 Å². The Hall–Kier alpha value is -1.62. The second-order valence-corrected chi connectivity index (χ2v) is 3.75. The highest BCUT2D eigenvalue weighted by Gasteiger charge is 2.02. The Morgan fingerprint density at radius 3 is 3.00 bits per heavy atom. The molecule has 0 atom stereocenters. The zero-order valence-electron chi connectivity index (χ0n) is 9.60.